The summed E-state index contributed by atoms with van der Waals surface area (Å²) < 4.78 is 101. The topological polar surface area (TPSA) is 174 Å². The molecular weight excluding hydrogens is 782 g/mol. The predicted octanol–water partition coefficient (Wildman–Crippen LogP) is 5.35. The maximum Gasteiger partial charge on any atom is 0.501 e. The lowest BCUT2D eigenvalue weighted by atomic mass is 9.78. The first-order valence-corrected chi connectivity index (χ1v) is 21.7. The Kier molecular flexibility index (Phi) is 16.0. The highest BCUT2D eigenvalue weighted by Crippen LogP contribution is 2.37. The number of halogens is 3. The van der Waals surface area contributed by atoms with E-state index < -0.39 is 52.3 Å². The van der Waals surface area contributed by atoms with Crippen LogP contribution in [-0.4, -0.2) is 90.8 Å². The minimum atomic E-state index is -5.97. The fourth-order valence-electron chi connectivity index (χ4n) is 6.08. The van der Waals surface area contributed by atoms with Crippen LogP contribution in [0.5, 0.6) is 0 Å². The van der Waals surface area contributed by atoms with Gasteiger partial charge in [0.25, 0.3) is 9.84 Å². The molecule has 1 fully saturated rings. The molecule has 0 aliphatic carbocycles. The molecule has 3 aromatic carbocycles. The highest BCUT2D eigenvalue weighted by molar-refractivity contribution is 7.99. The normalized spacial score (nSPS) is 15.6. The Morgan fingerprint density at radius 3 is 2.24 bits per heavy atom. The smallest absolute Gasteiger partial charge is 0.469 e. The molecule has 0 unspecified atom stereocenters. The second-order valence-electron chi connectivity index (χ2n) is 13.3. The number of hydrogen-bond donors (Lipinski definition) is 3. The van der Waals surface area contributed by atoms with Crippen LogP contribution >= 0.6 is 11.8 Å². The second kappa shape index (κ2) is 20.0. The number of hydrogen-bond acceptors (Lipinski definition) is 11. The first-order valence-electron chi connectivity index (χ1n) is 17.7. The molecule has 1 aliphatic rings. The largest absolute Gasteiger partial charge is 0.501 e. The minimum absolute atomic E-state index is 0.140. The number of amides is 1. The molecular formula is C37H47F3N4O8S3. The van der Waals surface area contributed by atoms with Gasteiger partial charge in [0.05, 0.1) is 36.3 Å². The van der Waals surface area contributed by atoms with E-state index in [4.69, 9.17) is 9.88 Å². The zero-order valence-corrected chi connectivity index (χ0v) is 32.9. The van der Waals surface area contributed by atoms with Gasteiger partial charge in [0.1, 0.15) is 4.90 Å². The van der Waals surface area contributed by atoms with Crippen LogP contribution in [0.4, 0.5) is 18.9 Å². The van der Waals surface area contributed by atoms with Gasteiger partial charge in [-0.2, -0.15) is 13.2 Å². The quantitative estimate of drug-likeness (QED) is 0.0762. The van der Waals surface area contributed by atoms with Crippen molar-refractivity contribution < 1.29 is 49.1 Å². The number of benzene rings is 3. The van der Waals surface area contributed by atoms with Gasteiger partial charge in [-0.05, 0) is 81.1 Å². The summed E-state index contributed by atoms with van der Waals surface area (Å²) in [5, 5.41) is 11.1. The van der Waals surface area contributed by atoms with Gasteiger partial charge < -0.3 is 25.0 Å². The second-order valence-corrected chi connectivity index (χ2v) is 17.9. The van der Waals surface area contributed by atoms with Gasteiger partial charge in [-0.15, -0.1) is 11.8 Å². The molecule has 18 heteroatoms. The van der Waals surface area contributed by atoms with Crippen LogP contribution in [0.15, 0.2) is 93.5 Å². The molecule has 55 heavy (non-hydrogen) atoms. The average molecular weight is 829 g/mol. The lowest BCUT2D eigenvalue weighted by molar-refractivity contribution is -0.140. The number of sulfonamides is 1. The third-order valence-corrected chi connectivity index (χ3v) is 12.9. The number of primary sulfonamides is 1. The molecule has 1 atom stereocenters. The van der Waals surface area contributed by atoms with E-state index in [1.54, 1.807) is 0 Å². The number of carbonyl (C=O) groups excluding carboxylic acids is 2. The van der Waals surface area contributed by atoms with Crippen molar-refractivity contribution in [2.45, 2.75) is 71.4 Å². The molecule has 0 bridgehead atoms. The Labute approximate surface area is 324 Å². The van der Waals surface area contributed by atoms with Crippen LogP contribution in [0, 0.1) is 5.41 Å². The fraction of sp³-hybridized carbons (Fsp3) is 0.459. The summed E-state index contributed by atoms with van der Waals surface area (Å²) in [6.07, 6.45) is 2.72. The van der Waals surface area contributed by atoms with E-state index in [0.717, 1.165) is 22.6 Å². The summed E-state index contributed by atoms with van der Waals surface area (Å²) in [6, 6.07) is 20.7. The van der Waals surface area contributed by atoms with E-state index in [1.165, 1.54) is 18.9 Å². The number of nitrogens with one attached hydrogen (secondary N) is 2. The van der Waals surface area contributed by atoms with Gasteiger partial charge in [0.2, 0.25) is 15.9 Å². The molecule has 4 rings (SSSR count). The monoisotopic (exact) mass is 828 g/mol. The highest BCUT2D eigenvalue weighted by atomic mass is 32.2. The minimum Gasteiger partial charge on any atom is -0.469 e. The highest BCUT2D eigenvalue weighted by Gasteiger charge is 2.48. The van der Waals surface area contributed by atoms with E-state index in [2.05, 4.69) is 20.3 Å². The number of alkyl halides is 3. The first-order chi connectivity index (χ1) is 26.0. The molecule has 0 spiro atoms. The van der Waals surface area contributed by atoms with Crippen molar-refractivity contribution in [2.75, 3.05) is 51.0 Å². The number of anilines is 1. The van der Waals surface area contributed by atoms with Gasteiger partial charge in [-0.3, -0.25) is 9.59 Å². The van der Waals surface area contributed by atoms with E-state index in [0.29, 0.717) is 76.7 Å². The van der Waals surface area contributed by atoms with E-state index >= 15 is 0 Å². The van der Waals surface area contributed by atoms with Gasteiger partial charge >= 0.3 is 11.5 Å². The van der Waals surface area contributed by atoms with Gasteiger partial charge in [-0.25, -0.2) is 22.0 Å². The molecule has 1 saturated heterocycles. The van der Waals surface area contributed by atoms with Crippen LogP contribution in [0.1, 0.15) is 44.1 Å². The number of carbonyl (C=O) groups is 2. The standard InChI is InChI=1S/C37H47F3N4O8S3/c1-51-34(45)14-8-9-20-42-35(46)36(27-52-25-28-10-4-2-5-11-28)18-22-44(23-19-36)21-17-29(26-53-30-12-6-3-7-13-30)43-32-16-15-31(55(41,49)50)24-33(32)54(47,48)37(38,39)40/h2-7,10-13,15-16,24,29,43H,8-9,14,17-23,25-27H2,1H3,(H,42,46)(H2,41,49,50)/t29-/m1/s1. The van der Waals surface area contributed by atoms with Crippen LogP contribution in [-0.2, 0) is 45.5 Å². The number of unbranched alkanes of at least 4 members (excludes halogenated alkanes) is 1. The van der Waals surface area contributed by atoms with Crippen molar-refractivity contribution in [1.29, 1.82) is 0 Å². The van der Waals surface area contributed by atoms with Crippen LogP contribution in [0.25, 0.3) is 0 Å². The molecule has 302 valence electrons. The number of piperidine rings is 1. The van der Waals surface area contributed by atoms with Gasteiger partial charge in [0, 0.05) is 36.2 Å². The van der Waals surface area contributed by atoms with Crippen molar-refractivity contribution in [3.05, 3.63) is 84.4 Å². The first kappa shape index (κ1) is 44.0. The number of likely N-dealkylation sites (tertiary alicyclic amines) is 1. The lowest BCUT2D eigenvalue weighted by Crippen LogP contribution is -2.51. The van der Waals surface area contributed by atoms with Crippen LogP contribution in [0.2, 0.25) is 0 Å². The summed E-state index contributed by atoms with van der Waals surface area (Å²) in [6.45, 7) is 2.39. The fourth-order valence-corrected chi connectivity index (χ4v) is 8.64. The Morgan fingerprint density at radius 2 is 1.62 bits per heavy atom. The molecule has 0 saturated carbocycles. The number of rotatable bonds is 20. The summed E-state index contributed by atoms with van der Waals surface area (Å²) in [5.41, 5.74) is -5.95. The average Bonchev–Trinajstić information content (AvgIpc) is 3.16. The number of nitrogens with two attached hydrogens (primary N) is 1. The van der Waals surface area contributed by atoms with Crippen molar-refractivity contribution >= 4 is 49.2 Å². The van der Waals surface area contributed by atoms with E-state index in [-0.39, 0.29) is 24.9 Å². The number of sulfone groups is 1. The van der Waals surface area contributed by atoms with Gasteiger partial charge in [0.15, 0.2) is 0 Å². The summed E-state index contributed by atoms with van der Waals surface area (Å²) >= 11 is 1.42. The number of ether oxygens (including phenoxy) is 2. The Bertz CT molecular complexity index is 1930. The Morgan fingerprint density at radius 1 is 0.964 bits per heavy atom. The molecule has 1 amide bonds. The maximum absolute atomic E-state index is 13.8. The molecule has 4 N–H and O–H groups in total. The van der Waals surface area contributed by atoms with E-state index in [9.17, 15) is 39.6 Å². The Hall–Kier alpha value is -3.68. The third kappa shape index (κ3) is 12.9. The van der Waals surface area contributed by atoms with E-state index in [1.807, 2.05) is 60.7 Å². The van der Waals surface area contributed by atoms with Gasteiger partial charge in [-0.1, -0.05) is 48.5 Å². The number of esters is 1. The molecule has 3 aromatic rings. The van der Waals surface area contributed by atoms with Crippen molar-refractivity contribution in [3.63, 3.8) is 0 Å². The molecule has 0 aromatic heterocycles. The number of nitrogens with zero attached hydrogens (tertiary/aromatic N) is 1. The summed E-state index contributed by atoms with van der Waals surface area (Å²) in [4.78, 5) is 26.2. The third-order valence-electron chi connectivity index (χ3n) is 9.33. The SMILES string of the molecule is COC(=O)CCCCNC(=O)C1(COCc2ccccc2)CCN(CC[C@H](CSc2ccccc2)Nc2ccc(S(N)(=O)=O)cc2S(=O)(=O)C(F)(F)F)CC1. The number of methoxy groups -OCH3 is 1. The molecule has 12 nitrogen and oxygen atoms in total. The van der Waals surface area contributed by atoms with Crippen molar-refractivity contribution in [2.24, 2.45) is 10.6 Å². The predicted molar refractivity (Wildman–Crippen MR) is 203 cm³/mol. The molecule has 0 radical (unpaired) electrons. The Balaban J connectivity index is 1.48. The zero-order chi connectivity index (χ0) is 40.1. The molecule has 1 heterocycles. The van der Waals surface area contributed by atoms with Crippen LogP contribution < -0.4 is 15.8 Å². The van der Waals surface area contributed by atoms with Crippen molar-refractivity contribution in [3.8, 4) is 0 Å². The summed E-state index contributed by atoms with van der Waals surface area (Å²) in [5.74, 6) is -0.124. The maximum atomic E-state index is 13.8. The van der Waals surface area contributed by atoms with Crippen LogP contribution in [0.3, 0.4) is 0 Å². The zero-order valence-electron chi connectivity index (χ0n) is 30.4. The summed E-state index contributed by atoms with van der Waals surface area (Å²) in [7, 11) is -9.16. The number of thioether (sulfide) groups is 1. The lowest BCUT2D eigenvalue weighted by Gasteiger charge is -2.41. The molecule has 1 aliphatic heterocycles. The van der Waals surface area contributed by atoms with Crippen molar-refractivity contribution in [1.82, 2.24) is 10.2 Å².